The van der Waals surface area contributed by atoms with Crippen LogP contribution in [0, 0.1) is 11.6 Å². The molecular weight excluding hydrogens is 252 g/mol. The molecule has 0 saturated carbocycles. The maximum atomic E-state index is 13.3. The van der Waals surface area contributed by atoms with Crippen molar-refractivity contribution < 1.29 is 18.7 Å². The lowest BCUT2D eigenvalue weighted by Gasteiger charge is -2.25. The van der Waals surface area contributed by atoms with Crippen LogP contribution in [0.4, 0.5) is 8.78 Å². The first-order chi connectivity index (χ1) is 8.91. The van der Waals surface area contributed by atoms with E-state index in [2.05, 4.69) is 5.32 Å². The van der Waals surface area contributed by atoms with Crippen LogP contribution < -0.4 is 5.32 Å². The summed E-state index contributed by atoms with van der Waals surface area (Å²) >= 11 is 0. The number of carbonyl (C=O) groups excluding carboxylic acids is 1. The summed E-state index contributed by atoms with van der Waals surface area (Å²) in [7, 11) is 0. The topological polar surface area (TPSA) is 49.3 Å². The summed E-state index contributed by atoms with van der Waals surface area (Å²) in [6.07, 6.45) is 0.623. The van der Waals surface area contributed by atoms with Gasteiger partial charge in [-0.3, -0.25) is 4.79 Å². The molecule has 3 nitrogen and oxygen atoms in total. The molecule has 0 spiro atoms. The van der Waals surface area contributed by atoms with Gasteiger partial charge in [0.2, 0.25) is 5.91 Å². The average Bonchev–Trinajstić information content (AvgIpc) is 2.40. The maximum Gasteiger partial charge on any atom is 0.224 e. The fourth-order valence-electron chi connectivity index (χ4n) is 1.69. The molecule has 0 saturated heterocycles. The first-order valence-corrected chi connectivity index (χ1v) is 6.34. The highest BCUT2D eigenvalue weighted by Crippen LogP contribution is 2.14. The molecule has 0 aliphatic rings. The van der Waals surface area contributed by atoms with Crippen molar-refractivity contribution in [1.82, 2.24) is 5.32 Å². The van der Waals surface area contributed by atoms with Gasteiger partial charge in [-0.05, 0) is 25.0 Å². The number of benzene rings is 1. The first kappa shape index (κ1) is 15.6. The summed E-state index contributed by atoms with van der Waals surface area (Å²) in [4.78, 5) is 11.6. The SMILES string of the molecule is CCC(O)(CC)CNC(=O)Cc1c(F)cccc1F. The Morgan fingerprint density at radius 2 is 1.79 bits per heavy atom. The molecular formula is C14H19F2NO2. The summed E-state index contributed by atoms with van der Waals surface area (Å²) in [5.41, 5.74) is -1.22. The van der Waals surface area contributed by atoms with E-state index in [0.29, 0.717) is 12.8 Å². The standard InChI is InChI=1S/C14H19F2NO2/c1-3-14(19,4-2)9-17-13(18)8-10-11(15)6-5-7-12(10)16/h5-7,19H,3-4,8-9H2,1-2H3,(H,17,18). The van der Waals surface area contributed by atoms with E-state index in [0.717, 1.165) is 12.1 Å². The van der Waals surface area contributed by atoms with E-state index in [1.165, 1.54) is 6.07 Å². The van der Waals surface area contributed by atoms with E-state index >= 15 is 0 Å². The summed E-state index contributed by atoms with van der Waals surface area (Å²) < 4.78 is 26.7. The Bertz CT molecular complexity index is 425. The highest BCUT2D eigenvalue weighted by atomic mass is 19.1. The lowest BCUT2D eigenvalue weighted by molar-refractivity contribution is -0.121. The van der Waals surface area contributed by atoms with Gasteiger partial charge in [0.05, 0.1) is 12.0 Å². The van der Waals surface area contributed by atoms with Crippen molar-refractivity contribution >= 4 is 5.91 Å². The fourth-order valence-corrected chi connectivity index (χ4v) is 1.69. The van der Waals surface area contributed by atoms with E-state index in [4.69, 9.17) is 0 Å². The van der Waals surface area contributed by atoms with Crippen molar-refractivity contribution in [2.45, 2.75) is 38.7 Å². The maximum absolute atomic E-state index is 13.3. The third kappa shape index (κ3) is 4.28. The van der Waals surface area contributed by atoms with E-state index in [1.54, 1.807) is 0 Å². The van der Waals surface area contributed by atoms with Crippen LogP contribution in [-0.2, 0) is 11.2 Å². The molecule has 0 aliphatic carbocycles. The third-order valence-electron chi connectivity index (χ3n) is 3.33. The molecule has 1 aromatic rings. The largest absolute Gasteiger partial charge is 0.388 e. The first-order valence-electron chi connectivity index (χ1n) is 6.34. The lowest BCUT2D eigenvalue weighted by atomic mass is 9.97. The van der Waals surface area contributed by atoms with Gasteiger partial charge in [-0.25, -0.2) is 8.78 Å². The van der Waals surface area contributed by atoms with Crippen molar-refractivity contribution in [1.29, 1.82) is 0 Å². The summed E-state index contributed by atoms with van der Waals surface area (Å²) in [6, 6.07) is 3.47. The molecule has 0 fully saturated rings. The van der Waals surface area contributed by atoms with Crippen molar-refractivity contribution in [2.24, 2.45) is 0 Å². The number of hydrogen-bond acceptors (Lipinski definition) is 2. The molecule has 1 amide bonds. The molecule has 2 N–H and O–H groups in total. The number of halogens is 2. The molecule has 0 radical (unpaired) electrons. The van der Waals surface area contributed by atoms with E-state index in [1.807, 2.05) is 13.8 Å². The fraction of sp³-hybridized carbons (Fsp3) is 0.500. The minimum atomic E-state index is -0.969. The van der Waals surface area contributed by atoms with E-state index < -0.39 is 23.1 Å². The molecule has 1 aromatic carbocycles. The zero-order valence-electron chi connectivity index (χ0n) is 11.2. The predicted molar refractivity (Wildman–Crippen MR) is 68.6 cm³/mol. The second kappa shape index (κ2) is 6.61. The second-order valence-electron chi connectivity index (χ2n) is 4.59. The number of carbonyl (C=O) groups is 1. The molecule has 0 aromatic heterocycles. The van der Waals surface area contributed by atoms with Gasteiger partial charge in [0, 0.05) is 12.1 Å². The van der Waals surface area contributed by atoms with Gasteiger partial charge in [-0.15, -0.1) is 0 Å². The molecule has 19 heavy (non-hydrogen) atoms. The molecule has 0 atom stereocenters. The van der Waals surface area contributed by atoms with E-state index in [-0.39, 0.29) is 18.5 Å². The Balaban J connectivity index is 2.61. The minimum Gasteiger partial charge on any atom is -0.388 e. The van der Waals surface area contributed by atoms with Crippen LogP contribution in [0.15, 0.2) is 18.2 Å². The number of hydrogen-bond donors (Lipinski definition) is 2. The Labute approximate surface area is 111 Å². The van der Waals surface area contributed by atoms with Gasteiger partial charge in [0.1, 0.15) is 11.6 Å². The zero-order valence-corrected chi connectivity index (χ0v) is 11.2. The van der Waals surface area contributed by atoms with Crippen molar-refractivity contribution in [2.75, 3.05) is 6.54 Å². The number of aliphatic hydroxyl groups is 1. The van der Waals surface area contributed by atoms with Gasteiger partial charge in [0.15, 0.2) is 0 Å². The summed E-state index contributed by atoms with van der Waals surface area (Å²) in [5.74, 6) is -1.99. The van der Waals surface area contributed by atoms with Crippen LogP contribution in [0.5, 0.6) is 0 Å². The number of amides is 1. The van der Waals surface area contributed by atoms with E-state index in [9.17, 15) is 18.7 Å². The van der Waals surface area contributed by atoms with Crippen molar-refractivity contribution in [3.8, 4) is 0 Å². The van der Waals surface area contributed by atoms with Crippen LogP contribution in [0.25, 0.3) is 0 Å². The van der Waals surface area contributed by atoms with Crippen molar-refractivity contribution in [3.63, 3.8) is 0 Å². The van der Waals surface area contributed by atoms with Gasteiger partial charge in [-0.2, -0.15) is 0 Å². The lowest BCUT2D eigenvalue weighted by Crippen LogP contribution is -2.42. The van der Waals surface area contributed by atoms with Gasteiger partial charge >= 0.3 is 0 Å². The van der Waals surface area contributed by atoms with Crippen LogP contribution in [0.2, 0.25) is 0 Å². The minimum absolute atomic E-state index is 0.0783. The Hall–Kier alpha value is -1.49. The van der Waals surface area contributed by atoms with Gasteiger partial charge in [-0.1, -0.05) is 19.9 Å². The Morgan fingerprint density at radius 3 is 2.26 bits per heavy atom. The molecule has 106 valence electrons. The third-order valence-corrected chi connectivity index (χ3v) is 3.33. The Kier molecular flexibility index (Phi) is 5.42. The van der Waals surface area contributed by atoms with Crippen LogP contribution >= 0.6 is 0 Å². The van der Waals surface area contributed by atoms with Gasteiger partial charge in [0.25, 0.3) is 0 Å². The average molecular weight is 271 g/mol. The monoisotopic (exact) mass is 271 g/mol. The molecule has 1 rings (SSSR count). The van der Waals surface area contributed by atoms with Crippen LogP contribution in [0.3, 0.4) is 0 Å². The second-order valence-corrected chi connectivity index (χ2v) is 4.59. The number of rotatable bonds is 6. The van der Waals surface area contributed by atoms with Crippen molar-refractivity contribution in [3.05, 3.63) is 35.4 Å². The highest BCUT2D eigenvalue weighted by molar-refractivity contribution is 5.78. The predicted octanol–water partition coefficient (Wildman–Crippen LogP) is 2.17. The summed E-state index contributed by atoms with van der Waals surface area (Å²) in [5, 5.41) is 12.5. The van der Waals surface area contributed by atoms with Crippen LogP contribution in [0.1, 0.15) is 32.3 Å². The zero-order chi connectivity index (χ0) is 14.5. The normalized spacial score (nSPS) is 11.4. The smallest absolute Gasteiger partial charge is 0.224 e. The highest BCUT2D eigenvalue weighted by Gasteiger charge is 2.23. The molecule has 0 bridgehead atoms. The van der Waals surface area contributed by atoms with Gasteiger partial charge < -0.3 is 10.4 Å². The quantitative estimate of drug-likeness (QED) is 0.833. The molecule has 0 aliphatic heterocycles. The molecule has 5 heteroatoms. The summed E-state index contributed by atoms with van der Waals surface area (Å²) in [6.45, 7) is 3.70. The molecule has 0 unspecified atom stereocenters. The van der Waals surface area contributed by atoms with Crippen LogP contribution in [-0.4, -0.2) is 23.2 Å². The Morgan fingerprint density at radius 1 is 1.26 bits per heavy atom. The molecule has 0 heterocycles. The number of nitrogens with one attached hydrogen (secondary N) is 1.